The van der Waals surface area contributed by atoms with E-state index in [2.05, 4.69) is 25.6 Å². The van der Waals surface area contributed by atoms with E-state index in [9.17, 15) is 0 Å². The van der Waals surface area contributed by atoms with Gasteiger partial charge in [-0.1, -0.05) is 0 Å². The van der Waals surface area contributed by atoms with E-state index in [1.165, 1.54) is 12.8 Å². The van der Waals surface area contributed by atoms with Gasteiger partial charge in [0, 0.05) is 13.1 Å². The summed E-state index contributed by atoms with van der Waals surface area (Å²) in [6.45, 7) is 3.67. The molecular formula is C9H14ClN5. The molecule has 1 heterocycles. The van der Waals surface area contributed by atoms with E-state index in [1.807, 2.05) is 6.92 Å². The van der Waals surface area contributed by atoms with E-state index in [4.69, 9.17) is 11.6 Å². The van der Waals surface area contributed by atoms with Crippen molar-refractivity contribution in [2.75, 3.05) is 23.7 Å². The molecule has 0 bridgehead atoms. The number of hydrogen-bond acceptors (Lipinski definition) is 5. The Balaban J connectivity index is 2.00. The third-order valence-electron chi connectivity index (χ3n) is 2.19. The second-order valence-corrected chi connectivity index (χ2v) is 3.94. The summed E-state index contributed by atoms with van der Waals surface area (Å²) < 4.78 is 0. The van der Waals surface area contributed by atoms with Gasteiger partial charge in [0.25, 0.3) is 0 Å². The first kappa shape index (κ1) is 10.4. The van der Waals surface area contributed by atoms with Crippen molar-refractivity contribution in [3.05, 3.63) is 5.28 Å². The van der Waals surface area contributed by atoms with Crippen molar-refractivity contribution in [3.63, 3.8) is 0 Å². The quantitative estimate of drug-likeness (QED) is 0.803. The lowest BCUT2D eigenvalue weighted by atomic mass is 10.4. The van der Waals surface area contributed by atoms with Crippen molar-refractivity contribution >= 4 is 23.5 Å². The summed E-state index contributed by atoms with van der Waals surface area (Å²) in [6, 6.07) is 0. The van der Waals surface area contributed by atoms with Crippen LogP contribution in [0.25, 0.3) is 0 Å². The fourth-order valence-electron chi connectivity index (χ4n) is 1.22. The van der Waals surface area contributed by atoms with Crippen molar-refractivity contribution in [2.45, 2.75) is 19.8 Å². The summed E-state index contributed by atoms with van der Waals surface area (Å²) in [6.07, 6.45) is 2.60. The minimum atomic E-state index is 0.222. The predicted octanol–water partition coefficient (Wildman–Crippen LogP) is 1.78. The van der Waals surface area contributed by atoms with Crippen LogP contribution in [0.1, 0.15) is 19.8 Å². The fraction of sp³-hybridized carbons (Fsp3) is 0.667. The lowest BCUT2D eigenvalue weighted by Crippen LogP contribution is -2.10. The molecule has 2 N–H and O–H groups in total. The van der Waals surface area contributed by atoms with E-state index in [-0.39, 0.29) is 5.28 Å². The summed E-state index contributed by atoms with van der Waals surface area (Å²) in [5, 5.41) is 6.39. The predicted molar refractivity (Wildman–Crippen MR) is 60.2 cm³/mol. The molecule has 1 aliphatic carbocycles. The van der Waals surface area contributed by atoms with Gasteiger partial charge in [-0.05, 0) is 37.3 Å². The lowest BCUT2D eigenvalue weighted by Gasteiger charge is -2.06. The van der Waals surface area contributed by atoms with Gasteiger partial charge >= 0.3 is 0 Å². The molecule has 0 saturated heterocycles. The van der Waals surface area contributed by atoms with Gasteiger partial charge in [0.2, 0.25) is 17.2 Å². The Bertz CT molecular complexity index is 339. The van der Waals surface area contributed by atoms with E-state index in [0.29, 0.717) is 11.9 Å². The van der Waals surface area contributed by atoms with Gasteiger partial charge in [-0.3, -0.25) is 0 Å². The maximum Gasteiger partial charge on any atom is 0.228 e. The van der Waals surface area contributed by atoms with Crippen LogP contribution in [0.15, 0.2) is 0 Å². The van der Waals surface area contributed by atoms with Gasteiger partial charge in [-0.2, -0.15) is 15.0 Å². The maximum atomic E-state index is 5.77. The lowest BCUT2D eigenvalue weighted by molar-refractivity contribution is 0.868. The monoisotopic (exact) mass is 227 g/mol. The molecule has 1 aromatic rings. The molecule has 2 rings (SSSR count). The van der Waals surface area contributed by atoms with Crippen LogP contribution in [-0.2, 0) is 0 Å². The average molecular weight is 228 g/mol. The molecule has 6 heteroatoms. The van der Waals surface area contributed by atoms with Crippen LogP contribution in [0.4, 0.5) is 11.9 Å². The molecule has 5 nitrogen and oxygen atoms in total. The van der Waals surface area contributed by atoms with Crippen LogP contribution in [0.2, 0.25) is 5.28 Å². The zero-order valence-electron chi connectivity index (χ0n) is 8.63. The van der Waals surface area contributed by atoms with Crippen molar-refractivity contribution in [3.8, 4) is 0 Å². The molecule has 1 saturated carbocycles. The Morgan fingerprint density at radius 3 is 2.47 bits per heavy atom. The van der Waals surface area contributed by atoms with Crippen molar-refractivity contribution in [1.29, 1.82) is 0 Å². The highest BCUT2D eigenvalue weighted by molar-refractivity contribution is 6.28. The van der Waals surface area contributed by atoms with Gasteiger partial charge < -0.3 is 10.6 Å². The van der Waals surface area contributed by atoms with Crippen LogP contribution >= 0.6 is 11.6 Å². The van der Waals surface area contributed by atoms with Crippen molar-refractivity contribution in [1.82, 2.24) is 15.0 Å². The molecule has 1 fully saturated rings. The van der Waals surface area contributed by atoms with Crippen molar-refractivity contribution < 1.29 is 0 Å². The highest BCUT2D eigenvalue weighted by Crippen LogP contribution is 2.28. The van der Waals surface area contributed by atoms with Crippen LogP contribution in [0.3, 0.4) is 0 Å². The normalized spacial score (nSPS) is 15.1. The highest BCUT2D eigenvalue weighted by Gasteiger charge is 2.21. The van der Waals surface area contributed by atoms with E-state index < -0.39 is 0 Å². The van der Waals surface area contributed by atoms with Crippen LogP contribution in [0, 0.1) is 5.92 Å². The summed E-state index contributed by atoms with van der Waals surface area (Å²) >= 11 is 5.77. The van der Waals surface area contributed by atoms with Crippen molar-refractivity contribution in [2.24, 2.45) is 5.92 Å². The summed E-state index contributed by atoms with van der Waals surface area (Å²) in [7, 11) is 0. The highest BCUT2D eigenvalue weighted by atomic mass is 35.5. The Kier molecular flexibility index (Phi) is 3.20. The Labute approximate surface area is 93.7 Å². The number of rotatable bonds is 5. The van der Waals surface area contributed by atoms with Gasteiger partial charge in [-0.15, -0.1) is 0 Å². The largest absolute Gasteiger partial charge is 0.354 e. The Morgan fingerprint density at radius 1 is 1.20 bits per heavy atom. The van der Waals surface area contributed by atoms with E-state index >= 15 is 0 Å². The summed E-state index contributed by atoms with van der Waals surface area (Å²) in [5.41, 5.74) is 0. The first-order chi connectivity index (χ1) is 7.28. The topological polar surface area (TPSA) is 62.7 Å². The number of hydrogen-bond donors (Lipinski definition) is 2. The van der Waals surface area contributed by atoms with Gasteiger partial charge in [0.1, 0.15) is 0 Å². The molecule has 1 aliphatic rings. The average Bonchev–Trinajstić information content (AvgIpc) is 2.98. The fourth-order valence-corrected chi connectivity index (χ4v) is 1.38. The third-order valence-corrected chi connectivity index (χ3v) is 2.36. The second-order valence-electron chi connectivity index (χ2n) is 3.61. The Hall–Kier alpha value is -1.10. The number of nitrogens with zero attached hydrogens (tertiary/aromatic N) is 3. The molecule has 82 valence electrons. The molecule has 0 atom stereocenters. The molecule has 0 radical (unpaired) electrons. The number of nitrogens with one attached hydrogen (secondary N) is 2. The zero-order valence-corrected chi connectivity index (χ0v) is 9.38. The van der Waals surface area contributed by atoms with E-state index in [1.54, 1.807) is 0 Å². The zero-order chi connectivity index (χ0) is 10.7. The SMILES string of the molecule is CCNc1nc(Cl)nc(NCC2CC2)n1. The molecule has 15 heavy (non-hydrogen) atoms. The van der Waals surface area contributed by atoms with E-state index in [0.717, 1.165) is 19.0 Å². The number of anilines is 2. The molecule has 0 amide bonds. The first-order valence-electron chi connectivity index (χ1n) is 5.17. The molecule has 1 aromatic heterocycles. The van der Waals surface area contributed by atoms with Gasteiger partial charge in [-0.25, -0.2) is 0 Å². The smallest absolute Gasteiger partial charge is 0.228 e. The molecule has 0 unspecified atom stereocenters. The third kappa shape index (κ3) is 3.20. The molecule has 0 aromatic carbocycles. The standard InChI is InChI=1S/C9H14ClN5/c1-2-11-8-13-7(10)14-9(15-8)12-5-6-3-4-6/h6H,2-5H2,1H3,(H2,11,12,13,14,15). The molecular weight excluding hydrogens is 214 g/mol. The van der Waals surface area contributed by atoms with Crippen LogP contribution in [0.5, 0.6) is 0 Å². The van der Waals surface area contributed by atoms with Gasteiger partial charge in [0.05, 0.1) is 0 Å². The summed E-state index contributed by atoms with van der Waals surface area (Å²) in [5.74, 6) is 1.86. The minimum Gasteiger partial charge on any atom is -0.354 e. The number of aromatic nitrogens is 3. The maximum absolute atomic E-state index is 5.77. The van der Waals surface area contributed by atoms with Crippen LogP contribution in [-0.4, -0.2) is 28.0 Å². The Morgan fingerprint density at radius 2 is 1.87 bits per heavy atom. The molecule has 0 spiro atoms. The molecule has 0 aliphatic heterocycles. The minimum absolute atomic E-state index is 0.222. The van der Waals surface area contributed by atoms with Crippen LogP contribution < -0.4 is 10.6 Å². The van der Waals surface area contributed by atoms with Gasteiger partial charge in [0.15, 0.2) is 0 Å². The summed E-state index contributed by atoms with van der Waals surface area (Å²) in [4.78, 5) is 12.2. The number of halogens is 1. The first-order valence-corrected chi connectivity index (χ1v) is 5.55. The second kappa shape index (κ2) is 4.61.